The third-order valence-corrected chi connectivity index (χ3v) is 3.24. The first-order valence-electron chi connectivity index (χ1n) is 5.96. The zero-order chi connectivity index (χ0) is 14.8. The molecule has 0 saturated heterocycles. The minimum absolute atomic E-state index is 0.226. The highest BCUT2D eigenvalue weighted by Gasteiger charge is 2.22. The Balaban J connectivity index is 2.67. The van der Waals surface area contributed by atoms with E-state index in [0.29, 0.717) is 15.7 Å². The topological polar surface area (TPSA) is 97.1 Å². The van der Waals surface area contributed by atoms with Crippen molar-refractivity contribution < 1.29 is 9.59 Å². The zero-order valence-corrected chi connectivity index (χ0v) is 12.6. The molecular formula is C12H20N4O2S. The van der Waals surface area contributed by atoms with Crippen LogP contribution in [-0.4, -0.2) is 28.4 Å². The molecule has 6 nitrogen and oxygen atoms in total. The normalized spacial score (nSPS) is 12.9. The highest BCUT2D eigenvalue weighted by Crippen LogP contribution is 2.19. The molecule has 1 atom stereocenters. The summed E-state index contributed by atoms with van der Waals surface area (Å²) < 4.78 is 0. The van der Waals surface area contributed by atoms with Crippen LogP contribution < -0.4 is 16.4 Å². The maximum absolute atomic E-state index is 12.0. The van der Waals surface area contributed by atoms with E-state index >= 15 is 0 Å². The van der Waals surface area contributed by atoms with Crippen LogP contribution in [0.3, 0.4) is 0 Å². The lowest BCUT2D eigenvalue weighted by Crippen LogP contribution is -2.50. The average molecular weight is 284 g/mol. The molecular weight excluding hydrogens is 264 g/mol. The van der Waals surface area contributed by atoms with E-state index in [1.807, 2.05) is 20.8 Å². The number of aryl methyl sites for hydroxylation is 1. The predicted octanol–water partition coefficient (Wildman–Crippen LogP) is 1.07. The van der Waals surface area contributed by atoms with E-state index in [1.54, 1.807) is 13.8 Å². The second-order valence-corrected chi connectivity index (χ2v) is 6.43. The standard InChI is InChI=1S/C12H20N4O2S/c1-6-8(19-11(13)15-6)10(18)14-7(2)9(17)16-12(3,4)5/h7H,1-5H3,(H2,13,15)(H,14,18)(H,16,17). The van der Waals surface area contributed by atoms with Gasteiger partial charge in [-0.1, -0.05) is 11.3 Å². The predicted molar refractivity (Wildman–Crippen MR) is 76.1 cm³/mol. The summed E-state index contributed by atoms with van der Waals surface area (Å²) in [5.74, 6) is -0.556. The van der Waals surface area contributed by atoms with Gasteiger partial charge in [-0.15, -0.1) is 0 Å². The molecule has 7 heteroatoms. The Morgan fingerprint density at radius 1 is 1.37 bits per heavy atom. The summed E-state index contributed by atoms with van der Waals surface area (Å²) in [6, 6.07) is -0.616. The maximum Gasteiger partial charge on any atom is 0.263 e. The van der Waals surface area contributed by atoms with Crippen LogP contribution in [0.4, 0.5) is 5.13 Å². The molecule has 1 heterocycles. The van der Waals surface area contributed by atoms with Crippen molar-refractivity contribution in [3.8, 4) is 0 Å². The number of rotatable bonds is 3. The van der Waals surface area contributed by atoms with E-state index in [0.717, 1.165) is 11.3 Å². The van der Waals surface area contributed by atoms with Gasteiger partial charge in [0.25, 0.3) is 5.91 Å². The Morgan fingerprint density at radius 3 is 2.37 bits per heavy atom. The van der Waals surface area contributed by atoms with Crippen molar-refractivity contribution in [3.05, 3.63) is 10.6 Å². The van der Waals surface area contributed by atoms with Crippen LogP contribution in [-0.2, 0) is 4.79 Å². The number of nitrogens with zero attached hydrogens (tertiary/aromatic N) is 1. The smallest absolute Gasteiger partial charge is 0.263 e. The van der Waals surface area contributed by atoms with Crippen LogP contribution in [0.2, 0.25) is 0 Å². The second-order valence-electron chi connectivity index (χ2n) is 5.40. The van der Waals surface area contributed by atoms with Crippen molar-refractivity contribution >= 4 is 28.3 Å². The average Bonchev–Trinajstić information content (AvgIpc) is 2.55. The number of nitrogens with one attached hydrogen (secondary N) is 2. The summed E-state index contributed by atoms with van der Waals surface area (Å²) in [4.78, 5) is 28.3. The lowest BCUT2D eigenvalue weighted by molar-refractivity contribution is -0.124. The molecule has 1 aromatic heterocycles. The molecule has 0 spiro atoms. The minimum atomic E-state index is -0.616. The van der Waals surface area contributed by atoms with E-state index in [1.165, 1.54) is 0 Å². The van der Waals surface area contributed by atoms with Gasteiger partial charge in [-0.2, -0.15) is 0 Å². The first-order chi connectivity index (χ1) is 8.60. The van der Waals surface area contributed by atoms with Gasteiger partial charge in [0.05, 0.1) is 5.69 Å². The van der Waals surface area contributed by atoms with E-state index < -0.39 is 6.04 Å². The molecule has 19 heavy (non-hydrogen) atoms. The van der Waals surface area contributed by atoms with Gasteiger partial charge in [-0.05, 0) is 34.6 Å². The fourth-order valence-corrected chi connectivity index (χ4v) is 2.17. The zero-order valence-electron chi connectivity index (χ0n) is 11.8. The summed E-state index contributed by atoms with van der Waals surface area (Å²) in [5, 5.41) is 5.78. The molecule has 0 aliphatic rings. The summed E-state index contributed by atoms with van der Waals surface area (Å²) >= 11 is 1.11. The highest BCUT2D eigenvalue weighted by atomic mass is 32.1. The molecule has 0 aliphatic heterocycles. The molecule has 1 rings (SSSR count). The SMILES string of the molecule is Cc1nc(N)sc1C(=O)NC(C)C(=O)NC(C)(C)C. The first kappa shape index (κ1) is 15.4. The Hall–Kier alpha value is -1.63. The van der Waals surface area contributed by atoms with Gasteiger partial charge in [0.1, 0.15) is 10.9 Å². The van der Waals surface area contributed by atoms with Crippen LogP contribution in [0.15, 0.2) is 0 Å². The molecule has 106 valence electrons. The number of amides is 2. The second kappa shape index (κ2) is 5.56. The van der Waals surface area contributed by atoms with Crippen LogP contribution in [0.1, 0.15) is 43.1 Å². The number of anilines is 1. The molecule has 0 bridgehead atoms. The van der Waals surface area contributed by atoms with Gasteiger partial charge in [-0.3, -0.25) is 9.59 Å². The third-order valence-electron chi connectivity index (χ3n) is 2.26. The van der Waals surface area contributed by atoms with Crippen molar-refractivity contribution in [1.82, 2.24) is 15.6 Å². The molecule has 0 aliphatic carbocycles. The highest BCUT2D eigenvalue weighted by molar-refractivity contribution is 7.17. The molecule has 4 N–H and O–H groups in total. The Labute approximate surface area is 116 Å². The van der Waals surface area contributed by atoms with E-state index in [4.69, 9.17) is 5.73 Å². The molecule has 0 aromatic carbocycles. The third kappa shape index (κ3) is 4.51. The molecule has 1 unspecified atom stereocenters. The van der Waals surface area contributed by atoms with Crippen molar-refractivity contribution in [3.63, 3.8) is 0 Å². The Bertz CT molecular complexity index is 490. The van der Waals surface area contributed by atoms with Crippen LogP contribution >= 0.6 is 11.3 Å². The lowest BCUT2D eigenvalue weighted by Gasteiger charge is -2.23. The summed E-state index contributed by atoms with van der Waals surface area (Å²) in [7, 11) is 0. The van der Waals surface area contributed by atoms with Crippen LogP contribution in [0, 0.1) is 6.92 Å². The molecule has 1 aromatic rings. The Kier molecular flexibility index (Phi) is 4.52. The van der Waals surface area contributed by atoms with Crippen LogP contribution in [0.5, 0.6) is 0 Å². The molecule has 2 amide bonds. The quantitative estimate of drug-likeness (QED) is 0.773. The van der Waals surface area contributed by atoms with Gasteiger partial charge in [0, 0.05) is 5.54 Å². The lowest BCUT2D eigenvalue weighted by atomic mass is 10.1. The molecule has 0 radical (unpaired) electrons. The van der Waals surface area contributed by atoms with Gasteiger partial charge >= 0.3 is 0 Å². The maximum atomic E-state index is 12.0. The number of nitrogens with two attached hydrogens (primary N) is 1. The van der Waals surface area contributed by atoms with Gasteiger partial charge in [0.2, 0.25) is 5.91 Å². The van der Waals surface area contributed by atoms with E-state index in [9.17, 15) is 9.59 Å². The molecule has 0 fully saturated rings. The monoisotopic (exact) mass is 284 g/mol. The minimum Gasteiger partial charge on any atom is -0.375 e. The number of thiazole rings is 1. The van der Waals surface area contributed by atoms with Gasteiger partial charge in [-0.25, -0.2) is 4.98 Å². The van der Waals surface area contributed by atoms with Crippen molar-refractivity contribution in [1.29, 1.82) is 0 Å². The van der Waals surface area contributed by atoms with Crippen molar-refractivity contribution in [2.24, 2.45) is 0 Å². The van der Waals surface area contributed by atoms with Crippen molar-refractivity contribution in [2.45, 2.75) is 46.2 Å². The van der Waals surface area contributed by atoms with E-state index in [2.05, 4.69) is 15.6 Å². The number of aromatic nitrogens is 1. The largest absolute Gasteiger partial charge is 0.375 e. The van der Waals surface area contributed by atoms with Gasteiger partial charge in [0.15, 0.2) is 5.13 Å². The summed E-state index contributed by atoms with van der Waals surface area (Å²) in [5.41, 5.74) is 5.78. The fraction of sp³-hybridized carbons (Fsp3) is 0.583. The summed E-state index contributed by atoms with van der Waals surface area (Å²) in [6.07, 6.45) is 0. The Morgan fingerprint density at radius 2 is 1.95 bits per heavy atom. The number of hydrogen-bond acceptors (Lipinski definition) is 5. The number of hydrogen-bond donors (Lipinski definition) is 3. The first-order valence-corrected chi connectivity index (χ1v) is 6.77. The number of carbonyl (C=O) groups excluding carboxylic acids is 2. The number of nitrogen functional groups attached to an aromatic ring is 1. The summed E-state index contributed by atoms with van der Waals surface area (Å²) in [6.45, 7) is 8.99. The van der Waals surface area contributed by atoms with E-state index in [-0.39, 0.29) is 17.4 Å². The molecule has 0 saturated carbocycles. The van der Waals surface area contributed by atoms with Crippen molar-refractivity contribution in [2.75, 3.05) is 5.73 Å². The fourth-order valence-electron chi connectivity index (χ4n) is 1.43. The number of carbonyl (C=O) groups is 2. The van der Waals surface area contributed by atoms with Gasteiger partial charge < -0.3 is 16.4 Å². The van der Waals surface area contributed by atoms with Crippen LogP contribution in [0.25, 0.3) is 0 Å².